The minimum Gasteiger partial charge on any atom is -0.375 e. The Labute approximate surface area is 117 Å². The fourth-order valence-electron chi connectivity index (χ4n) is 3.01. The summed E-state index contributed by atoms with van der Waals surface area (Å²) in [5.41, 5.74) is 5.68. The molecule has 19 heavy (non-hydrogen) atoms. The molecule has 106 valence electrons. The van der Waals surface area contributed by atoms with E-state index in [9.17, 15) is 0 Å². The summed E-state index contributed by atoms with van der Waals surface area (Å²) in [6, 6.07) is 0. The van der Waals surface area contributed by atoms with E-state index in [1.165, 1.54) is 17.7 Å². The van der Waals surface area contributed by atoms with Gasteiger partial charge in [0.1, 0.15) is 0 Å². The third kappa shape index (κ3) is 2.91. The lowest BCUT2D eigenvalue weighted by molar-refractivity contribution is -0.192. The second-order valence-electron chi connectivity index (χ2n) is 5.45. The largest absolute Gasteiger partial charge is 0.375 e. The van der Waals surface area contributed by atoms with Gasteiger partial charge in [-0.05, 0) is 26.3 Å². The first kappa shape index (κ1) is 13.3. The van der Waals surface area contributed by atoms with Gasteiger partial charge in [-0.2, -0.15) is 0 Å². The molecule has 0 bridgehead atoms. The van der Waals surface area contributed by atoms with Gasteiger partial charge >= 0.3 is 0 Å². The van der Waals surface area contributed by atoms with Crippen molar-refractivity contribution in [2.45, 2.75) is 32.1 Å². The summed E-state index contributed by atoms with van der Waals surface area (Å²) in [7, 11) is 0. The average molecular weight is 283 g/mol. The zero-order valence-electron chi connectivity index (χ0n) is 11.3. The molecule has 0 saturated carbocycles. The quantitative estimate of drug-likeness (QED) is 0.915. The van der Waals surface area contributed by atoms with E-state index in [4.69, 9.17) is 15.2 Å². The van der Waals surface area contributed by atoms with E-state index in [1.54, 1.807) is 11.3 Å². The van der Waals surface area contributed by atoms with E-state index in [1.807, 2.05) is 6.20 Å². The summed E-state index contributed by atoms with van der Waals surface area (Å²) >= 11 is 1.58. The maximum Gasteiger partial charge on any atom is 0.180 e. The van der Waals surface area contributed by atoms with Crippen LogP contribution in [0.5, 0.6) is 0 Å². The van der Waals surface area contributed by atoms with Gasteiger partial charge in [0.15, 0.2) is 10.9 Å². The topological polar surface area (TPSA) is 60.6 Å². The standard InChI is InChI=1S/C13H21N3O2S/c1-13(17-5-6-18-13)10-3-2-4-16(8-10)9-11-7-15-12(14)19-11/h7,10H,2-6,8-9H2,1H3,(H2,14,15). The van der Waals surface area contributed by atoms with Gasteiger partial charge in [0.05, 0.1) is 13.2 Å². The summed E-state index contributed by atoms with van der Waals surface area (Å²) < 4.78 is 11.6. The number of piperidine rings is 1. The molecule has 2 N–H and O–H groups in total. The third-order valence-electron chi connectivity index (χ3n) is 4.06. The molecule has 0 aromatic carbocycles. The first-order valence-corrected chi connectivity index (χ1v) is 7.68. The molecule has 3 rings (SSSR count). The Bertz CT molecular complexity index is 431. The van der Waals surface area contributed by atoms with Crippen molar-refractivity contribution in [3.63, 3.8) is 0 Å². The highest BCUT2D eigenvalue weighted by atomic mass is 32.1. The molecule has 3 heterocycles. The first-order chi connectivity index (χ1) is 9.16. The number of nitrogens with zero attached hydrogens (tertiary/aromatic N) is 2. The van der Waals surface area contributed by atoms with Crippen molar-refractivity contribution in [3.05, 3.63) is 11.1 Å². The van der Waals surface area contributed by atoms with Crippen LogP contribution in [0.15, 0.2) is 6.20 Å². The number of hydrogen-bond acceptors (Lipinski definition) is 6. The van der Waals surface area contributed by atoms with Crippen molar-refractivity contribution in [1.82, 2.24) is 9.88 Å². The lowest BCUT2D eigenvalue weighted by Crippen LogP contribution is -2.46. The van der Waals surface area contributed by atoms with Gasteiger partial charge in [-0.25, -0.2) is 4.98 Å². The van der Waals surface area contributed by atoms with Crippen LogP contribution in [-0.2, 0) is 16.0 Å². The van der Waals surface area contributed by atoms with Crippen LogP contribution in [0.1, 0.15) is 24.6 Å². The Kier molecular flexibility index (Phi) is 3.75. The summed E-state index contributed by atoms with van der Waals surface area (Å²) in [6.07, 6.45) is 4.26. The maximum atomic E-state index is 5.80. The van der Waals surface area contributed by atoms with Crippen molar-refractivity contribution in [3.8, 4) is 0 Å². The summed E-state index contributed by atoms with van der Waals surface area (Å²) in [5, 5.41) is 0.651. The maximum absolute atomic E-state index is 5.80. The predicted molar refractivity (Wildman–Crippen MR) is 74.8 cm³/mol. The van der Waals surface area contributed by atoms with Crippen molar-refractivity contribution in [2.75, 3.05) is 32.0 Å². The van der Waals surface area contributed by atoms with Gasteiger partial charge in [0.25, 0.3) is 0 Å². The highest BCUT2D eigenvalue weighted by molar-refractivity contribution is 7.15. The van der Waals surface area contributed by atoms with Crippen LogP contribution in [0.3, 0.4) is 0 Å². The van der Waals surface area contributed by atoms with Crippen LogP contribution >= 0.6 is 11.3 Å². The van der Waals surface area contributed by atoms with Crippen molar-refractivity contribution in [1.29, 1.82) is 0 Å². The molecule has 2 saturated heterocycles. The van der Waals surface area contributed by atoms with E-state index in [0.717, 1.165) is 32.8 Å². The monoisotopic (exact) mass is 283 g/mol. The number of ether oxygens (including phenoxy) is 2. The summed E-state index contributed by atoms with van der Waals surface area (Å²) in [6.45, 7) is 6.61. The van der Waals surface area contributed by atoms with E-state index in [2.05, 4.69) is 16.8 Å². The van der Waals surface area contributed by atoms with Crippen molar-refractivity contribution in [2.24, 2.45) is 5.92 Å². The van der Waals surface area contributed by atoms with Gasteiger partial charge in [0.2, 0.25) is 0 Å². The molecule has 0 spiro atoms. The SMILES string of the molecule is CC1(C2CCCN(Cc3cnc(N)s3)C2)OCCO1. The number of rotatable bonds is 3. The number of thiazole rings is 1. The van der Waals surface area contributed by atoms with Gasteiger partial charge in [-0.3, -0.25) is 4.90 Å². The Morgan fingerprint density at radius 3 is 3.00 bits per heavy atom. The zero-order valence-corrected chi connectivity index (χ0v) is 12.1. The third-order valence-corrected chi connectivity index (χ3v) is 4.87. The second kappa shape index (κ2) is 5.36. The molecule has 1 atom stereocenters. The minimum absolute atomic E-state index is 0.384. The number of likely N-dealkylation sites (tertiary alicyclic amines) is 1. The Morgan fingerprint density at radius 1 is 1.53 bits per heavy atom. The zero-order chi connectivity index (χ0) is 13.3. The minimum atomic E-state index is -0.384. The molecular weight excluding hydrogens is 262 g/mol. The lowest BCUT2D eigenvalue weighted by atomic mass is 9.90. The van der Waals surface area contributed by atoms with Crippen LogP contribution in [0.2, 0.25) is 0 Å². The Hall–Kier alpha value is -0.690. The van der Waals surface area contributed by atoms with Gasteiger partial charge in [-0.1, -0.05) is 0 Å². The van der Waals surface area contributed by atoms with E-state index in [0.29, 0.717) is 11.0 Å². The number of anilines is 1. The van der Waals surface area contributed by atoms with Crippen LogP contribution in [-0.4, -0.2) is 42.0 Å². The molecule has 0 radical (unpaired) electrons. The van der Waals surface area contributed by atoms with Crippen LogP contribution in [0, 0.1) is 5.92 Å². The fourth-order valence-corrected chi connectivity index (χ4v) is 3.74. The molecule has 1 aromatic heterocycles. The number of hydrogen-bond donors (Lipinski definition) is 1. The number of aromatic nitrogens is 1. The van der Waals surface area contributed by atoms with E-state index in [-0.39, 0.29) is 5.79 Å². The van der Waals surface area contributed by atoms with E-state index < -0.39 is 0 Å². The molecular formula is C13H21N3O2S. The van der Waals surface area contributed by atoms with Gasteiger partial charge in [0, 0.05) is 30.1 Å². The Balaban J connectivity index is 1.61. The summed E-state index contributed by atoms with van der Waals surface area (Å²) in [4.78, 5) is 7.80. The second-order valence-corrected chi connectivity index (χ2v) is 6.60. The van der Waals surface area contributed by atoms with E-state index >= 15 is 0 Å². The van der Waals surface area contributed by atoms with Crippen LogP contribution in [0.4, 0.5) is 5.13 Å². The fraction of sp³-hybridized carbons (Fsp3) is 0.769. The van der Waals surface area contributed by atoms with Crippen molar-refractivity contribution < 1.29 is 9.47 Å². The highest BCUT2D eigenvalue weighted by Gasteiger charge is 2.41. The van der Waals surface area contributed by atoms with Gasteiger partial charge < -0.3 is 15.2 Å². The van der Waals surface area contributed by atoms with Gasteiger partial charge in [-0.15, -0.1) is 11.3 Å². The highest BCUT2D eigenvalue weighted by Crippen LogP contribution is 2.34. The molecule has 5 nitrogen and oxygen atoms in total. The smallest absolute Gasteiger partial charge is 0.180 e. The number of nitrogens with two attached hydrogens (primary N) is 1. The normalized spacial score (nSPS) is 27.7. The molecule has 1 unspecified atom stereocenters. The number of nitrogen functional groups attached to an aromatic ring is 1. The Morgan fingerprint density at radius 2 is 2.32 bits per heavy atom. The molecule has 0 amide bonds. The predicted octanol–water partition coefficient (Wildman–Crippen LogP) is 1.70. The molecule has 0 aliphatic carbocycles. The molecule has 1 aromatic rings. The molecule has 2 aliphatic heterocycles. The average Bonchev–Trinajstić information content (AvgIpc) is 3.00. The summed E-state index contributed by atoms with van der Waals surface area (Å²) in [5.74, 6) is 0.0693. The molecule has 2 aliphatic rings. The lowest BCUT2D eigenvalue weighted by Gasteiger charge is -2.39. The van der Waals surface area contributed by atoms with Crippen LogP contribution in [0.25, 0.3) is 0 Å². The van der Waals surface area contributed by atoms with Crippen LogP contribution < -0.4 is 5.73 Å². The molecule has 2 fully saturated rings. The van der Waals surface area contributed by atoms with Crippen molar-refractivity contribution >= 4 is 16.5 Å². The molecule has 6 heteroatoms. The first-order valence-electron chi connectivity index (χ1n) is 6.86.